The zero-order valence-corrected chi connectivity index (χ0v) is 13.6. The lowest BCUT2D eigenvalue weighted by atomic mass is 10.00. The van der Waals surface area contributed by atoms with Gasteiger partial charge in [-0.15, -0.1) is 0 Å². The first-order valence-electron chi connectivity index (χ1n) is 8.49. The molecule has 1 aliphatic rings. The first-order chi connectivity index (χ1) is 11.9. The van der Waals surface area contributed by atoms with Crippen LogP contribution in [-0.4, -0.2) is 6.61 Å². The van der Waals surface area contributed by atoms with Crippen molar-refractivity contribution >= 4 is 0 Å². The quantitative estimate of drug-likeness (QED) is 0.734. The molecule has 1 atom stereocenters. The van der Waals surface area contributed by atoms with Crippen molar-refractivity contribution in [3.8, 4) is 16.9 Å². The molecule has 0 spiro atoms. The molecule has 3 aromatic carbocycles. The van der Waals surface area contributed by atoms with Gasteiger partial charge in [-0.3, -0.25) is 0 Å². The molecular weight excluding hydrogens is 294 g/mol. The highest BCUT2D eigenvalue weighted by molar-refractivity contribution is 5.63. The Balaban J connectivity index is 1.44. The molecule has 1 unspecified atom stereocenters. The minimum atomic E-state index is 0.365. The second-order valence-electron chi connectivity index (χ2n) is 6.17. The van der Waals surface area contributed by atoms with Gasteiger partial charge in [0.25, 0.3) is 0 Å². The maximum Gasteiger partial charge on any atom is 0.124 e. The summed E-state index contributed by atoms with van der Waals surface area (Å²) in [4.78, 5) is 0. The zero-order valence-electron chi connectivity index (χ0n) is 13.6. The molecule has 0 fully saturated rings. The van der Waals surface area contributed by atoms with Crippen molar-refractivity contribution in [3.63, 3.8) is 0 Å². The fourth-order valence-corrected chi connectivity index (χ4v) is 3.24. The zero-order chi connectivity index (χ0) is 16.2. The van der Waals surface area contributed by atoms with Crippen molar-refractivity contribution in [3.05, 3.63) is 90.0 Å². The number of hydrogen-bond donors (Lipinski definition) is 1. The summed E-state index contributed by atoms with van der Waals surface area (Å²) >= 11 is 0. The van der Waals surface area contributed by atoms with Gasteiger partial charge in [-0.1, -0.05) is 72.8 Å². The molecule has 120 valence electrons. The van der Waals surface area contributed by atoms with Crippen LogP contribution < -0.4 is 10.1 Å². The van der Waals surface area contributed by atoms with Gasteiger partial charge in [-0.25, -0.2) is 0 Å². The lowest BCUT2D eigenvalue weighted by Gasteiger charge is -2.26. The average molecular weight is 315 g/mol. The minimum absolute atomic E-state index is 0.365. The lowest BCUT2D eigenvalue weighted by Crippen LogP contribution is -2.26. The molecule has 1 heterocycles. The van der Waals surface area contributed by atoms with Crippen LogP contribution in [0.1, 0.15) is 23.6 Å². The largest absolute Gasteiger partial charge is 0.493 e. The van der Waals surface area contributed by atoms with Crippen LogP contribution in [0.2, 0.25) is 0 Å². The van der Waals surface area contributed by atoms with Crippen LogP contribution in [0.3, 0.4) is 0 Å². The lowest BCUT2D eigenvalue weighted by molar-refractivity contribution is 0.252. The van der Waals surface area contributed by atoms with Crippen molar-refractivity contribution in [2.45, 2.75) is 19.0 Å². The number of fused-ring (bicyclic) bond motifs is 1. The highest BCUT2D eigenvalue weighted by Gasteiger charge is 2.20. The van der Waals surface area contributed by atoms with Crippen LogP contribution in [0, 0.1) is 0 Å². The van der Waals surface area contributed by atoms with Gasteiger partial charge < -0.3 is 10.1 Å². The van der Waals surface area contributed by atoms with Gasteiger partial charge in [0.15, 0.2) is 0 Å². The summed E-state index contributed by atoms with van der Waals surface area (Å²) < 4.78 is 5.73. The second-order valence-corrected chi connectivity index (χ2v) is 6.17. The molecule has 4 rings (SSSR count). The highest BCUT2D eigenvalue weighted by atomic mass is 16.5. The Morgan fingerprint density at radius 1 is 0.792 bits per heavy atom. The summed E-state index contributed by atoms with van der Waals surface area (Å²) in [5.74, 6) is 1.01. The molecule has 0 saturated carbocycles. The summed E-state index contributed by atoms with van der Waals surface area (Å²) in [6, 6.07) is 28.0. The van der Waals surface area contributed by atoms with Crippen molar-refractivity contribution in [1.82, 2.24) is 5.32 Å². The predicted molar refractivity (Wildman–Crippen MR) is 98.0 cm³/mol. The van der Waals surface area contributed by atoms with Crippen molar-refractivity contribution in [2.24, 2.45) is 0 Å². The predicted octanol–water partition coefficient (Wildman–Crippen LogP) is 4.97. The monoisotopic (exact) mass is 315 g/mol. The first-order valence-corrected chi connectivity index (χ1v) is 8.49. The Morgan fingerprint density at radius 2 is 1.50 bits per heavy atom. The summed E-state index contributed by atoms with van der Waals surface area (Å²) in [5.41, 5.74) is 5.09. The molecule has 0 amide bonds. The van der Waals surface area contributed by atoms with E-state index in [-0.39, 0.29) is 0 Å². The SMILES string of the molecule is c1ccc(-c2ccc(CNC3CCOc4ccccc43)cc2)cc1. The summed E-state index contributed by atoms with van der Waals surface area (Å²) in [6.45, 7) is 1.65. The minimum Gasteiger partial charge on any atom is -0.493 e. The second kappa shape index (κ2) is 6.90. The van der Waals surface area contributed by atoms with E-state index in [0.29, 0.717) is 6.04 Å². The Kier molecular flexibility index (Phi) is 4.30. The standard InChI is InChI=1S/C22H21NO/c1-2-6-18(7-3-1)19-12-10-17(11-13-19)16-23-21-14-15-24-22-9-5-4-8-20(21)22/h1-13,21,23H,14-16H2. The van der Waals surface area contributed by atoms with Gasteiger partial charge in [0.1, 0.15) is 5.75 Å². The molecule has 1 N–H and O–H groups in total. The Labute approximate surface area is 143 Å². The third-order valence-electron chi connectivity index (χ3n) is 4.57. The molecule has 0 radical (unpaired) electrons. The maximum absolute atomic E-state index is 5.73. The molecule has 24 heavy (non-hydrogen) atoms. The molecule has 2 heteroatoms. The van der Waals surface area contributed by atoms with Crippen LogP contribution in [0.25, 0.3) is 11.1 Å². The molecule has 1 aliphatic heterocycles. The number of hydrogen-bond acceptors (Lipinski definition) is 2. The van der Waals surface area contributed by atoms with E-state index in [2.05, 4.69) is 72.0 Å². The van der Waals surface area contributed by atoms with Crippen LogP contribution >= 0.6 is 0 Å². The van der Waals surface area contributed by atoms with Crippen LogP contribution in [0.4, 0.5) is 0 Å². The number of para-hydroxylation sites is 1. The van der Waals surface area contributed by atoms with Gasteiger partial charge in [0, 0.05) is 24.6 Å². The van der Waals surface area contributed by atoms with Gasteiger partial charge >= 0.3 is 0 Å². The number of ether oxygens (including phenoxy) is 1. The Morgan fingerprint density at radius 3 is 2.33 bits per heavy atom. The number of nitrogens with one attached hydrogen (secondary N) is 1. The average Bonchev–Trinajstić information content (AvgIpc) is 2.67. The van der Waals surface area contributed by atoms with Crippen molar-refractivity contribution < 1.29 is 4.74 Å². The molecule has 0 aromatic heterocycles. The van der Waals surface area contributed by atoms with Gasteiger partial charge in [-0.2, -0.15) is 0 Å². The van der Waals surface area contributed by atoms with E-state index in [9.17, 15) is 0 Å². The van der Waals surface area contributed by atoms with Crippen molar-refractivity contribution in [1.29, 1.82) is 0 Å². The number of benzene rings is 3. The van der Waals surface area contributed by atoms with Crippen molar-refractivity contribution in [2.75, 3.05) is 6.61 Å². The Bertz CT molecular complexity index is 796. The highest BCUT2D eigenvalue weighted by Crippen LogP contribution is 2.31. The van der Waals surface area contributed by atoms with Crippen LogP contribution in [-0.2, 0) is 6.54 Å². The van der Waals surface area contributed by atoms with E-state index in [4.69, 9.17) is 4.74 Å². The van der Waals surface area contributed by atoms with E-state index >= 15 is 0 Å². The summed E-state index contributed by atoms with van der Waals surface area (Å²) in [5, 5.41) is 3.67. The molecule has 0 bridgehead atoms. The van der Waals surface area contributed by atoms with Gasteiger partial charge in [-0.05, 0) is 22.8 Å². The van der Waals surface area contributed by atoms with Gasteiger partial charge in [0.2, 0.25) is 0 Å². The van der Waals surface area contributed by atoms with E-state index in [0.717, 1.165) is 25.3 Å². The van der Waals surface area contributed by atoms with Crippen LogP contribution in [0.5, 0.6) is 5.75 Å². The molecule has 3 aromatic rings. The summed E-state index contributed by atoms with van der Waals surface area (Å²) in [7, 11) is 0. The van der Waals surface area contributed by atoms with Crippen LogP contribution in [0.15, 0.2) is 78.9 Å². The molecule has 0 aliphatic carbocycles. The summed E-state index contributed by atoms with van der Waals surface area (Å²) in [6.07, 6.45) is 1.01. The van der Waals surface area contributed by atoms with E-state index < -0.39 is 0 Å². The van der Waals surface area contributed by atoms with Gasteiger partial charge in [0.05, 0.1) is 6.61 Å². The van der Waals surface area contributed by atoms with E-state index in [1.807, 2.05) is 12.1 Å². The topological polar surface area (TPSA) is 21.3 Å². The fourth-order valence-electron chi connectivity index (χ4n) is 3.24. The third-order valence-corrected chi connectivity index (χ3v) is 4.57. The normalized spacial score (nSPS) is 16.2. The molecule has 0 saturated heterocycles. The fraction of sp³-hybridized carbons (Fsp3) is 0.182. The number of rotatable bonds is 4. The Hall–Kier alpha value is -2.58. The third kappa shape index (κ3) is 3.19. The van der Waals surface area contributed by atoms with E-state index in [1.54, 1.807) is 0 Å². The van der Waals surface area contributed by atoms with E-state index in [1.165, 1.54) is 22.3 Å². The molecule has 2 nitrogen and oxygen atoms in total. The first kappa shape index (κ1) is 15.0. The molecular formula is C22H21NO. The smallest absolute Gasteiger partial charge is 0.124 e. The maximum atomic E-state index is 5.73.